The van der Waals surface area contributed by atoms with Gasteiger partial charge in [0.05, 0.1) is 5.56 Å². The van der Waals surface area contributed by atoms with E-state index in [9.17, 15) is 13.6 Å². The smallest absolute Gasteiger partial charge is 0.215 e. The van der Waals surface area contributed by atoms with Crippen LogP contribution in [-0.4, -0.2) is 41.4 Å². The molecular formula is C24H25F2N5O. The normalized spacial score (nSPS) is 23.0. The zero-order valence-corrected chi connectivity index (χ0v) is 17.8. The van der Waals surface area contributed by atoms with Crippen LogP contribution in [0.2, 0.25) is 0 Å². The molecule has 1 aliphatic heterocycles. The van der Waals surface area contributed by atoms with Crippen LogP contribution in [0.4, 0.5) is 20.4 Å². The molecule has 0 spiro atoms. The molecule has 0 saturated carbocycles. The second-order valence-electron chi connectivity index (χ2n) is 8.09. The van der Waals surface area contributed by atoms with Gasteiger partial charge in [-0.05, 0) is 42.3 Å². The van der Waals surface area contributed by atoms with Gasteiger partial charge in [0.2, 0.25) is 5.78 Å². The highest BCUT2D eigenvalue weighted by Gasteiger charge is 2.31. The number of nitrogen functional groups attached to an aromatic ring is 1. The first kappa shape index (κ1) is 21.8. The first-order chi connectivity index (χ1) is 15.3. The molecule has 0 bridgehead atoms. The molecule has 6 nitrogen and oxygen atoms in total. The van der Waals surface area contributed by atoms with E-state index in [0.717, 1.165) is 0 Å². The molecule has 8 heteroatoms. The Balaban J connectivity index is 1.63. The molecule has 0 aromatic carbocycles. The lowest BCUT2D eigenvalue weighted by Crippen LogP contribution is -2.55. The highest BCUT2D eigenvalue weighted by Crippen LogP contribution is 2.30. The van der Waals surface area contributed by atoms with Crippen molar-refractivity contribution in [2.45, 2.75) is 13.0 Å². The fraction of sp³-hybridized carbons (Fsp3) is 0.292. The number of nitrogens with zero attached hydrogens (tertiary/aromatic N) is 3. The predicted molar refractivity (Wildman–Crippen MR) is 121 cm³/mol. The van der Waals surface area contributed by atoms with Crippen molar-refractivity contribution in [1.29, 1.82) is 0 Å². The molecule has 1 fully saturated rings. The third kappa shape index (κ3) is 4.31. The van der Waals surface area contributed by atoms with E-state index in [1.807, 2.05) is 17.9 Å². The Bertz CT molecular complexity index is 1110. The van der Waals surface area contributed by atoms with Crippen molar-refractivity contribution in [3.05, 3.63) is 77.9 Å². The minimum Gasteiger partial charge on any atom is -0.383 e. The molecule has 3 atom stereocenters. The average Bonchev–Trinajstić information content (AvgIpc) is 2.78. The van der Waals surface area contributed by atoms with Crippen molar-refractivity contribution in [3.63, 3.8) is 0 Å². The van der Waals surface area contributed by atoms with Gasteiger partial charge in [0.1, 0.15) is 29.0 Å². The van der Waals surface area contributed by atoms with Gasteiger partial charge in [0.25, 0.3) is 0 Å². The molecule has 3 unspecified atom stereocenters. The van der Waals surface area contributed by atoms with E-state index >= 15 is 0 Å². The highest BCUT2D eigenvalue weighted by molar-refractivity contribution is 6.12. The number of nitrogens with one attached hydrogen (secondary N) is 1. The predicted octanol–water partition coefficient (Wildman–Crippen LogP) is 3.68. The summed E-state index contributed by atoms with van der Waals surface area (Å²) in [6.07, 6.45) is 6.50. The van der Waals surface area contributed by atoms with E-state index < -0.39 is 11.6 Å². The third-order valence-electron chi connectivity index (χ3n) is 5.97. The number of halogens is 2. The lowest BCUT2D eigenvalue weighted by atomic mass is 9.83. The fourth-order valence-electron chi connectivity index (χ4n) is 4.29. The Morgan fingerprint density at radius 3 is 2.84 bits per heavy atom. The highest BCUT2D eigenvalue weighted by atomic mass is 19.1. The summed E-state index contributed by atoms with van der Waals surface area (Å²) in [5, 5.41) is 3.50. The number of hydrogen-bond acceptors (Lipinski definition) is 6. The van der Waals surface area contributed by atoms with Crippen LogP contribution in [0, 0.1) is 11.8 Å². The number of carbonyl (C=O) groups excluding carboxylic acids is 1. The minimum atomic E-state index is -0.747. The molecule has 166 valence electrons. The molecule has 2 aromatic heterocycles. The zero-order chi connectivity index (χ0) is 22.8. The van der Waals surface area contributed by atoms with Gasteiger partial charge < -0.3 is 16.0 Å². The summed E-state index contributed by atoms with van der Waals surface area (Å²) in [6.45, 7) is 7.31. The van der Waals surface area contributed by atoms with E-state index in [1.54, 1.807) is 18.2 Å². The van der Waals surface area contributed by atoms with E-state index in [1.165, 1.54) is 24.4 Å². The Morgan fingerprint density at radius 1 is 1.31 bits per heavy atom. The molecule has 3 heterocycles. The Hall–Kier alpha value is -3.39. The molecular weight excluding hydrogens is 412 g/mol. The molecule has 3 N–H and O–H groups in total. The number of hydrogen-bond donors (Lipinski definition) is 2. The lowest BCUT2D eigenvalue weighted by molar-refractivity contribution is 0.103. The van der Waals surface area contributed by atoms with E-state index in [4.69, 9.17) is 5.73 Å². The summed E-state index contributed by atoms with van der Waals surface area (Å²) < 4.78 is 27.7. The summed E-state index contributed by atoms with van der Waals surface area (Å²) in [7, 11) is 0. The van der Waals surface area contributed by atoms with Gasteiger partial charge in [-0.15, -0.1) is 0 Å². The van der Waals surface area contributed by atoms with Crippen LogP contribution in [0.25, 0.3) is 5.83 Å². The topological polar surface area (TPSA) is 84.1 Å². The second kappa shape index (κ2) is 9.00. The van der Waals surface area contributed by atoms with Crippen LogP contribution in [-0.2, 0) is 0 Å². The lowest BCUT2D eigenvalue weighted by Gasteiger charge is -2.39. The van der Waals surface area contributed by atoms with Crippen molar-refractivity contribution in [3.8, 4) is 0 Å². The molecule has 2 aliphatic rings. The quantitative estimate of drug-likeness (QED) is 0.695. The summed E-state index contributed by atoms with van der Waals surface area (Å²) >= 11 is 0. The van der Waals surface area contributed by atoms with E-state index in [-0.39, 0.29) is 46.3 Å². The van der Waals surface area contributed by atoms with Crippen molar-refractivity contribution < 1.29 is 13.6 Å². The molecule has 32 heavy (non-hydrogen) atoms. The first-order valence-electron chi connectivity index (χ1n) is 10.5. The number of aromatic nitrogens is 2. The number of carbonyl (C=O) groups is 1. The number of ketones is 1. The number of allylic oxidation sites excluding steroid dienone is 3. The molecule has 0 radical (unpaired) electrons. The van der Waals surface area contributed by atoms with Crippen LogP contribution in [0.15, 0.2) is 61.1 Å². The average molecular weight is 437 g/mol. The molecule has 1 aliphatic carbocycles. The van der Waals surface area contributed by atoms with Crippen LogP contribution < -0.4 is 16.0 Å². The number of piperazine rings is 1. The summed E-state index contributed by atoms with van der Waals surface area (Å²) in [4.78, 5) is 23.7. The van der Waals surface area contributed by atoms with Crippen molar-refractivity contribution in [2.24, 2.45) is 11.8 Å². The van der Waals surface area contributed by atoms with E-state index in [2.05, 4.69) is 21.9 Å². The van der Waals surface area contributed by atoms with Gasteiger partial charge >= 0.3 is 0 Å². The first-order valence-corrected chi connectivity index (χ1v) is 10.5. The number of pyridine rings is 2. The zero-order valence-electron chi connectivity index (χ0n) is 17.8. The molecule has 1 saturated heterocycles. The standard InChI is InChI=1S/C24H25F2N5O/c1-14-12-16(26)5-6-17(14)20-13-31(11-10-28-20)21-8-7-18(15(2)25)22(30-21)23(32)19-4-3-9-29-24(19)27/h3-9,12,14,17,20,28H,2,10-11,13H2,1H3,(H2,27,29). The van der Waals surface area contributed by atoms with Gasteiger partial charge in [-0.25, -0.2) is 18.7 Å². The summed E-state index contributed by atoms with van der Waals surface area (Å²) in [5.41, 5.74) is 5.99. The van der Waals surface area contributed by atoms with Gasteiger partial charge in [0.15, 0.2) is 0 Å². The van der Waals surface area contributed by atoms with Gasteiger partial charge in [-0.3, -0.25) is 4.79 Å². The van der Waals surface area contributed by atoms with Crippen LogP contribution in [0.3, 0.4) is 0 Å². The maximum atomic E-state index is 14.1. The monoisotopic (exact) mass is 437 g/mol. The fourth-order valence-corrected chi connectivity index (χ4v) is 4.29. The van der Waals surface area contributed by atoms with Crippen molar-refractivity contribution in [1.82, 2.24) is 15.3 Å². The van der Waals surface area contributed by atoms with Gasteiger partial charge in [0, 0.05) is 43.4 Å². The Labute approximate surface area is 185 Å². The Morgan fingerprint density at radius 2 is 2.12 bits per heavy atom. The maximum Gasteiger partial charge on any atom is 0.215 e. The number of nitrogens with two attached hydrogens (primary N) is 1. The number of anilines is 2. The van der Waals surface area contributed by atoms with Crippen LogP contribution in [0.1, 0.15) is 28.5 Å². The van der Waals surface area contributed by atoms with Gasteiger partial charge in [-0.1, -0.05) is 19.6 Å². The number of rotatable bonds is 5. The minimum absolute atomic E-state index is 0.0261. The summed E-state index contributed by atoms with van der Waals surface area (Å²) in [5.74, 6) is -0.692. The maximum absolute atomic E-state index is 14.1. The van der Waals surface area contributed by atoms with E-state index in [0.29, 0.717) is 25.5 Å². The van der Waals surface area contributed by atoms with Crippen LogP contribution in [0.5, 0.6) is 0 Å². The second-order valence-corrected chi connectivity index (χ2v) is 8.09. The molecule has 4 rings (SSSR count). The molecule has 2 aromatic rings. The van der Waals surface area contributed by atoms with Crippen molar-refractivity contribution in [2.75, 3.05) is 30.3 Å². The SMILES string of the molecule is C=C(F)c1ccc(N2CCNC(C3C=CC(F)=CC3C)C2)nc1C(=O)c1cccnc1N. The third-order valence-corrected chi connectivity index (χ3v) is 5.97. The largest absolute Gasteiger partial charge is 0.383 e. The van der Waals surface area contributed by atoms with Gasteiger partial charge in [-0.2, -0.15) is 0 Å². The molecule has 0 amide bonds. The summed E-state index contributed by atoms with van der Waals surface area (Å²) in [6, 6.07) is 6.40. The van der Waals surface area contributed by atoms with Crippen LogP contribution >= 0.6 is 0 Å². The Kier molecular flexibility index (Phi) is 6.14. The van der Waals surface area contributed by atoms with Crippen molar-refractivity contribution >= 4 is 23.2 Å².